The van der Waals surface area contributed by atoms with Gasteiger partial charge < -0.3 is 45.6 Å². The van der Waals surface area contributed by atoms with E-state index >= 15 is 0 Å². The quantitative estimate of drug-likeness (QED) is 0.0373. The molecule has 0 amide bonds. The summed E-state index contributed by atoms with van der Waals surface area (Å²) in [4.78, 5) is 29.2. The summed E-state index contributed by atoms with van der Waals surface area (Å²) in [6.07, 6.45) is 9.96. The van der Waals surface area contributed by atoms with Crippen LogP contribution in [0.4, 0.5) is 0 Å². The molecule has 12 aromatic rings. The second kappa shape index (κ2) is 49.8. The van der Waals surface area contributed by atoms with Crippen molar-refractivity contribution >= 4 is 0 Å². The van der Waals surface area contributed by atoms with E-state index in [1.807, 2.05) is 161 Å². The van der Waals surface area contributed by atoms with E-state index in [0.717, 1.165) is 140 Å². The van der Waals surface area contributed by atoms with E-state index in [2.05, 4.69) is 205 Å². The fourth-order valence-electron chi connectivity index (χ4n) is 11.5. The largest absolute Gasteiger partial charge is 0.393 e. The predicted molar refractivity (Wildman–Crippen MR) is 459 cm³/mol. The Labute approximate surface area is 721 Å². The zero-order valence-corrected chi connectivity index (χ0v) is 76.4. The van der Waals surface area contributed by atoms with E-state index < -0.39 is 12.2 Å². The van der Waals surface area contributed by atoms with Crippen molar-refractivity contribution in [3.63, 3.8) is 0 Å². The molecule has 0 fully saturated rings. The van der Waals surface area contributed by atoms with Gasteiger partial charge in [-0.25, -0.2) is 0 Å². The molecule has 609 valence electrons. The fourth-order valence-corrected chi connectivity index (χ4v) is 11.5. The van der Waals surface area contributed by atoms with Gasteiger partial charge in [0, 0.05) is 119 Å². The third kappa shape index (κ3) is 32.2. The number of hydrogen-bond donors (Lipinski definition) is 6. The van der Waals surface area contributed by atoms with Crippen LogP contribution in [0.15, 0.2) is 237 Å². The van der Waals surface area contributed by atoms with Crippen LogP contribution in [0.2, 0.25) is 0 Å². The molecule has 0 spiro atoms. The van der Waals surface area contributed by atoms with Crippen LogP contribution in [0.1, 0.15) is 160 Å². The van der Waals surface area contributed by atoms with Gasteiger partial charge in [0.2, 0.25) is 0 Å². The summed E-state index contributed by atoms with van der Waals surface area (Å²) in [5.74, 6) is 0. The Kier molecular flexibility index (Phi) is 42.9. The standard InChI is InChI=1S/3C24H19N2.C11H24O2.C9H20O2.C7H16O2.3Ir/c3*1-17-8-12-20(13-9-17)23-24(21-14-10-18(2)11-15-21)26-22(16-25-23)19-6-4-3-5-7-19;1-10(2,3)8(12)7-9(13)11(4,5)6;1-3-5-8(10)7-9(11)6-4-2;1-3-6(8)5-7(9)4-2;;;/h3*3-12,14-16H,1-2H3;8-9,12-13H,7H2,1-6H3;8-11H,3-7H2,1-2H3;6-9H,3-5H2,1-2H3;;;/q3*-1;;;;;;. The number of aliphatic hydroxyl groups excluding tert-OH is 6. The van der Waals surface area contributed by atoms with Gasteiger partial charge in [-0.2, -0.15) is 0 Å². The van der Waals surface area contributed by atoms with Crippen LogP contribution in [0.5, 0.6) is 0 Å². The Bertz CT molecular complexity index is 4220. The first kappa shape index (κ1) is 98.3. The monoisotopic (exact) mass is 2060 g/mol. The molecule has 15 heteroatoms. The smallest absolute Gasteiger partial charge is 0.0873 e. The summed E-state index contributed by atoms with van der Waals surface area (Å²) in [6, 6.07) is 84.1. The van der Waals surface area contributed by atoms with Crippen LogP contribution in [0.25, 0.3) is 101 Å². The molecule has 3 radical (unpaired) electrons. The molecule has 114 heavy (non-hydrogen) atoms. The normalized spacial score (nSPS) is 12.4. The number of aliphatic hydroxyl groups is 6. The molecule has 6 unspecified atom stereocenters. The molecular formula is C99H117Ir3N6O6-3. The minimum absolute atomic E-state index is 0. The van der Waals surface area contributed by atoms with E-state index in [0.29, 0.717) is 19.3 Å². The van der Waals surface area contributed by atoms with Gasteiger partial charge in [0.1, 0.15) is 0 Å². The maximum atomic E-state index is 9.76. The van der Waals surface area contributed by atoms with Crippen molar-refractivity contribution in [2.45, 2.75) is 205 Å². The van der Waals surface area contributed by atoms with Crippen LogP contribution in [0, 0.1) is 70.6 Å². The van der Waals surface area contributed by atoms with Crippen LogP contribution >= 0.6 is 0 Å². The number of rotatable bonds is 21. The molecule has 0 saturated carbocycles. The van der Waals surface area contributed by atoms with Gasteiger partial charge in [0.25, 0.3) is 0 Å². The Hall–Kier alpha value is -8.07. The van der Waals surface area contributed by atoms with E-state index in [4.69, 9.17) is 40.1 Å². The summed E-state index contributed by atoms with van der Waals surface area (Å²) in [5.41, 5.74) is 24.0. The molecular weight excluding hydrogens is 1950 g/mol. The van der Waals surface area contributed by atoms with Crippen molar-refractivity contribution in [1.82, 2.24) is 29.9 Å². The number of aromatic nitrogens is 6. The Morgan fingerprint density at radius 1 is 0.289 bits per heavy atom. The first-order valence-corrected chi connectivity index (χ1v) is 39.1. The van der Waals surface area contributed by atoms with Gasteiger partial charge in [0.15, 0.2) is 0 Å². The van der Waals surface area contributed by atoms with Crippen LogP contribution in [-0.4, -0.2) is 97.2 Å². The summed E-state index contributed by atoms with van der Waals surface area (Å²) in [5, 5.41) is 56.1. The van der Waals surface area contributed by atoms with Crippen molar-refractivity contribution in [2.24, 2.45) is 10.8 Å². The van der Waals surface area contributed by atoms with Gasteiger partial charge in [-0.15, -0.1) is 106 Å². The summed E-state index contributed by atoms with van der Waals surface area (Å²) in [6.45, 7) is 32.2. The maximum Gasteiger partial charge on any atom is 0.0873 e. The van der Waals surface area contributed by atoms with Crippen molar-refractivity contribution < 1.29 is 91.0 Å². The topological polar surface area (TPSA) is 199 Å². The SMILES string of the molecule is CC(C)(C)C(O)CC(O)C(C)(C)C.CCC(O)CC(O)CC.CCCC(O)CC(O)CCC.Cc1c[c-]c(-c2ncc(-c3ccccc3)nc2-c2ccc(C)cc2)cc1.Cc1c[c-]c(-c2ncc(-c3ccccc3)nc2-c2ccc(C)cc2)cc1.Cc1c[c-]c(-c2ncc(-c3ccccc3)nc2-c2ccc(C)cc2)cc1.[Ir].[Ir].[Ir]. The van der Waals surface area contributed by atoms with E-state index in [1.165, 1.54) is 33.4 Å². The average Bonchev–Trinajstić information content (AvgIpc) is 0.803. The van der Waals surface area contributed by atoms with Crippen LogP contribution in [-0.2, 0) is 60.3 Å². The molecule has 0 aliphatic rings. The summed E-state index contributed by atoms with van der Waals surface area (Å²) < 4.78 is 0. The van der Waals surface area contributed by atoms with Crippen molar-refractivity contribution in [1.29, 1.82) is 0 Å². The van der Waals surface area contributed by atoms with Crippen molar-refractivity contribution in [2.75, 3.05) is 0 Å². The molecule has 0 aliphatic heterocycles. The minimum Gasteiger partial charge on any atom is -0.393 e. The molecule has 0 saturated heterocycles. The van der Waals surface area contributed by atoms with E-state index in [-0.39, 0.29) is 95.6 Å². The number of hydrogen-bond acceptors (Lipinski definition) is 12. The summed E-state index contributed by atoms with van der Waals surface area (Å²) >= 11 is 0. The van der Waals surface area contributed by atoms with E-state index in [9.17, 15) is 20.4 Å². The van der Waals surface area contributed by atoms with E-state index in [1.54, 1.807) is 0 Å². The molecule has 3 heterocycles. The fraction of sp³-hybridized carbons (Fsp3) is 0.333. The van der Waals surface area contributed by atoms with Crippen molar-refractivity contribution in [3.05, 3.63) is 289 Å². The second-order valence-electron chi connectivity index (χ2n) is 30.9. The molecule has 12 nitrogen and oxygen atoms in total. The maximum absolute atomic E-state index is 9.76. The van der Waals surface area contributed by atoms with Crippen LogP contribution in [0.3, 0.4) is 0 Å². The summed E-state index contributed by atoms with van der Waals surface area (Å²) in [7, 11) is 0. The molecule has 12 rings (SSSR count). The molecule has 3 aromatic heterocycles. The zero-order valence-electron chi connectivity index (χ0n) is 69.2. The van der Waals surface area contributed by atoms with Gasteiger partial charge in [-0.3, -0.25) is 15.0 Å². The molecule has 6 atom stereocenters. The molecule has 0 bridgehead atoms. The Morgan fingerprint density at radius 3 is 0.754 bits per heavy atom. The molecule has 6 N–H and O–H groups in total. The third-order valence-corrected chi connectivity index (χ3v) is 18.9. The number of aryl methyl sites for hydroxylation is 6. The zero-order chi connectivity index (χ0) is 80.6. The first-order chi connectivity index (χ1) is 53.1. The Morgan fingerprint density at radius 2 is 0.535 bits per heavy atom. The van der Waals surface area contributed by atoms with Gasteiger partial charge in [-0.05, 0) is 86.8 Å². The first-order valence-electron chi connectivity index (χ1n) is 39.1. The molecule has 0 aliphatic carbocycles. The second-order valence-corrected chi connectivity index (χ2v) is 30.9. The predicted octanol–water partition coefficient (Wildman–Crippen LogP) is 22.5. The van der Waals surface area contributed by atoms with Crippen LogP contribution < -0.4 is 0 Å². The van der Waals surface area contributed by atoms with Crippen molar-refractivity contribution in [3.8, 4) is 101 Å². The third-order valence-electron chi connectivity index (χ3n) is 18.9. The average molecular weight is 2060 g/mol. The van der Waals surface area contributed by atoms with Gasteiger partial charge in [0.05, 0.1) is 70.8 Å². The van der Waals surface area contributed by atoms with Gasteiger partial charge in [-0.1, -0.05) is 283 Å². The minimum atomic E-state index is -0.443. The molecule has 9 aromatic carbocycles. The van der Waals surface area contributed by atoms with Gasteiger partial charge >= 0.3 is 0 Å². The Balaban J connectivity index is 0.000000300. The number of benzene rings is 9. The number of nitrogens with zero attached hydrogens (tertiary/aromatic N) is 6.